The fourth-order valence-corrected chi connectivity index (χ4v) is 2.82. The number of halogens is 3. The maximum absolute atomic E-state index is 12.6. The van der Waals surface area contributed by atoms with E-state index in [0.29, 0.717) is 25.3 Å². The molecule has 134 valence electrons. The summed E-state index contributed by atoms with van der Waals surface area (Å²) in [4.78, 5) is 8.15. The first kappa shape index (κ1) is 18.7. The number of β-amino-alcohol motifs (C(OH)–C–C–N with tert-alkyl or cyclic N) is 1. The van der Waals surface area contributed by atoms with Gasteiger partial charge in [-0.2, -0.15) is 13.2 Å². The van der Waals surface area contributed by atoms with Crippen molar-refractivity contribution < 1.29 is 18.3 Å². The summed E-state index contributed by atoms with van der Waals surface area (Å²) in [6.45, 7) is 7.32. The van der Waals surface area contributed by atoms with Gasteiger partial charge in [-0.25, -0.2) is 4.98 Å². The number of rotatable bonds is 6. The predicted octanol–water partition coefficient (Wildman–Crippen LogP) is 2.94. The fourth-order valence-electron chi connectivity index (χ4n) is 2.82. The minimum absolute atomic E-state index is 0.376. The first-order valence-corrected chi connectivity index (χ1v) is 8.19. The number of anilines is 1. The van der Waals surface area contributed by atoms with Gasteiger partial charge in [-0.15, -0.1) is 6.58 Å². The van der Waals surface area contributed by atoms with Crippen LogP contribution in [-0.2, 0) is 6.18 Å². The molecule has 0 aliphatic carbocycles. The molecular weight excluding hydrogens is 319 g/mol. The molecule has 2 heterocycles. The van der Waals surface area contributed by atoms with Crippen LogP contribution in [0.5, 0.6) is 0 Å². The molecule has 2 rings (SSSR count). The highest BCUT2D eigenvalue weighted by Crippen LogP contribution is 2.29. The van der Waals surface area contributed by atoms with Crippen molar-refractivity contribution in [1.82, 2.24) is 9.88 Å². The third-order valence-corrected chi connectivity index (χ3v) is 4.16. The summed E-state index contributed by atoms with van der Waals surface area (Å²) in [5.41, 5.74) is -0.729. The van der Waals surface area contributed by atoms with Crippen LogP contribution in [-0.4, -0.2) is 53.8 Å². The average molecular weight is 343 g/mol. The van der Waals surface area contributed by atoms with Crippen molar-refractivity contribution in [3.8, 4) is 0 Å². The molecule has 1 aliphatic heterocycles. The molecule has 4 nitrogen and oxygen atoms in total. The van der Waals surface area contributed by atoms with E-state index in [4.69, 9.17) is 0 Å². The van der Waals surface area contributed by atoms with Crippen LogP contribution < -0.4 is 4.90 Å². The number of aliphatic hydroxyl groups is 1. The fraction of sp³-hybridized carbons (Fsp3) is 0.588. The van der Waals surface area contributed by atoms with E-state index >= 15 is 0 Å². The highest BCUT2D eigenvalue weighted by molar-refractivity contribution is 5.40. The third-order valence-electron chi connectivity index (χ3n) is 4.16. The molecular formula is C17H24F3N3O. The second-order valence-corrected chi connectivity index (χ2v) is 6.06. The van der Waals surface area contributed by atoms with Crippen molar-refractivity contribution >= 4 is 5.82 Å². The van der Waals surface area contributed by atoms with Crippen LogP contribution in [0.1, 0.15) is 24.8 Å². The SMILES string of the molecule is C=CCCC(O)CN1CCCN(c2ccc(C(F)(F)F)cn2)CC1. The van der Waals surface area contributed by atoms with E-state index in [-0.39, 0.29) is 6.10 Å². The van der Waals surface area contributed by atoms with Crippen LogP contribution in [0, 0.1) is 0 Å². The molecule has 1 aliphatic rings. The Bertz CT molecular complexity index is 519. The number of hydrogen-bond donors (Lipinski definition) is 1. The molecule has 24 heavy (non-hydrogen) atoms. The van der Waals surface area contributed by atoms with Gasteiger partial charge in [0.25, 0.3) is 0 Å². The van der Waals surface area contributed by atoms with Gasteiger partial charge < -0.3 is 10.0 Å². The van der Waals surface area contributed by atoms with Crippen LogP contribution in [0.15, 0.2) is 31.0 Å². The van der Waals surface area contributed by atoms with Gasteiger partial charge >= 0.3 is 6.18 Å². The van der Waals surface area contributed by atoms with Crippen LogP contribution in [0.2, 0.25) is 0 Å². The smallest absolute Gasteiger partial charge is 0.392 e. The number of aliphatic hydroxyl groups excluding tert-OH is 1. The Balaban J connectivity index is 1.89. The quantitative estimate of drug-likeness (QED) is 0.806. The Labute approximate surface area is 140 Å². The zero-order chi connectivity index (χ0) is 17.6. The summed E-state index contributed by atoms with van der Waals surface area (Å²) in [6, 6.07) is 2.50. The standard InChI is InChI=1S/C17H24F3N3O/c1-2-3-5-15(24)13-22-8-4-9-23(11-10-22)16-7-6-14(12-21-16)17(18,19)20/h2,6-7,12,15,24H,1,3-5,8-11,13H2. The molecule has 0 aromatic carbocycles. The maximum Gasteiger partial charge on any atom is 0.417 e. The van der Waals surface area contributed by atoms with Crippen LogP contribution in [0.4, 0.5) is 19.0 Å². The van der Waals surface area contributed by atoms with Crippen molar-refractivity contribution in [1.29, 1.82) is 0 Å². The van der Waals surface area contributed by atoms with Gasteiger partial charge in [0, 0.05) is 32.4 Å². The zero-order valence-electron chi connectivity index (χ0n) is 13.7. The summed E-state index contributed by atoms with van der Waals surface area (Å²) in [6.07, 6.45) is 0.319. The molecule has 0 radical (unpaired) electrons. The Hall–Kier alpha value is -1.60. The van der Waals surface area contributed by atoms with Crippen LogP contribution in [0.25, 0.3) is 0 Å². The van der Waals surface area contributed by atoms with E-state index in [9.17, 15) is 18.3 Å². The Morgan fingerprint density at radius 1 is 1.25 bits per heavy atom. The zero-order valence-corrected chi connectivity index (χ0v) is 13.7. The van der Waals surface area contributed by atoms with E-state index in [1.54, 1.807) is 6.08 Å². The molecule has 0 amide bonds. The van der Waals surface area contributed by atoms with Crippen molar-refractivity contribution in [3.63, 3.8) is 0 Å². The molecule has 1 saturated heterocycles. The summed E-state index contributed by atoms with van der Waals surface area (Å²) in [7, 11) is 0. The lowest BCUT2D eigenvalue weighted by Gasteiger charge is -2.24. The molecule has 1 unspecified atom stereocenters. The highest BCUT2D eigenvalue weighted by Gasteiger charge is 2.31. The minimum atomic E-state index is -4.36. The van der Waals surface area contributed by atoms with Crippen LogP contribution in [0.3, 0.4) is 0 Å². The predicted molar refractivity (Wildman–Crippen MR) is 87.9 cm³/mol. The number of aromatic nitrogens is 1. The largest absolute Gasteiger partial charge is 0.417 e. The normalized spacial score (nSPS) is 18.2. The van der Waals surface area contributed by atoms with Gasteiger partial charge in [0.1, 0.15) is 5.82 Å². The monoisotopic (exact) mass is 343 g/mol. The number of nitrogens with zero attached hydrogens (tertiary/aromatic N) is 3. The summed E-state index contributed by atoms with van der Waals surface area (Å²) in [5, 5.41) is 9.99. The van der Waals surface area contributed by atoms with Crippen molar-refractivity contribution in [2.45, 2.75) is 31.5 Å². The summed E-state index contributed by atoms with van der Waals surface area (Å²) >= 11 is 0. The highest BCUT2D eigenvalue weighted by atomic mass is 19.4. The van der Waals surface area contributed by atoms with Crippen molar-refractivity contribution in [3.05, 3.63) is 36.5 Å². The van der Waals surface area contributed by atoms with E-state index in [0.717, 1.165) is 44.7 Å². The second kappa shape index (κ2) is 8.48. The lowest BCUT2D eigenvalue weighted by atomic mass is 10.2. The topological polar surface area (TPSA) is 39.6 Å². The van der Waals surface area contributed by atoms with Crippen molar-refractivity contribution in [2.75, 3.05) is 37.6 Å². The van der Waals surface area contributed by atoms with Crippen molar-refractivity contribution in [2.24, 2.45) is 0 Å². The average Bonchev–Trinajstić information content (AvgIpc) is 2.78. The minimum Gasteiger partial charge on any atom is -0.392 e. The van der Waals surface area contributed by atoms with E-state index in [1.807, 2.05) is 4.90 Å². The molecule has 0 bridgehead atoms. The van der Waals surface area contributed by atoms with Crippen LogP contribution >= 0.6 is 0 Å². The Morgan fingerprint density at radius 2 is 2.04 bits per heavy atom. The first-order chi connectivity index (χ1) is 11.4. The maximum atomic E-state index is 12.6. The molecule has 0 saturated carbocycles. The molecule has 1 N–H and O–H groups in total. The van der Waals surface area contributed by atoms with Gasteiger partial charge in [-0.05, 0) is 37.9 Å². The Kier molecular flexibility index (Phi) is 6.62. The molecule has 7 heteroatoms. The van der Waals surface area contributed by atoms with E-state index in [2.05, 4.69) is 16.5 Å². The van der Waals surface area contributed by atoms with Gasteiger partial charge in [-0.1, -0.05) is 6.08 Å². The van der Waals surface area contributed by atoms with Gasteiger partial charge in [0.05, 0.1) is 11.7 Å². The molecule has 0 spiro atoms. The first-order valence-electron chi connectivity index (χ1n) is 8.19. The number of hydrogen-bond acceptors (Lipinski definition) is 4. The molecule has 1 fully saturated rings. The van der Waals surface area contributed by atoms with Gasteiger partial charge in [0.15, 0.2) is 0 Å². The Morgan fingerprint density at radius 3 is 2.67 bits per heavy atom. The van der Waals surface area contributed by atoms with E-state index < -0.39 is 11.7 Å². The number of allylic oxidation sites excluding steroid dienone is 1. The molecule has 1 aromatic rings. The van der Waals surface area contributed by atoms with E-state index in [1.165, 1.54) is 6.07 Å². The second-order valence-electron chi connectivity index (χ2n) is 6.06. The lowest BCUT2D eigenvalue weighted by Crippen LogP contribution is -2.36. The lowest BCUT2D eigenvalue weighted by molar-refractivity contribution is -0.137. The molecule has 1 aromatic heterocycles. The summed E-state index contributed by atoms with van der Waals surface area (Å²) in [5.74, 6) is 0.567. The number of alkyl halides is 3. The number of pyridine rings is 1. The van der Waals surface area contributed by atoms with Gasteiger partial charge in [0.2, 0.25) is 0 Å². The third kappa shape index (κ3) is 5.49. The summed E-state index contributed by atoms with van der Waals surface area (Å²) < 4.78 is 37.8. The van der Waals surface area contributed by atoms with Gasteiger partial charge in [-0.3, -0.25) is 4.90 Å². The molecule has 1 atom stereocenters.